The molecule has 0 radical (unpaired) electrons. The Bertz CT molecular complexity index is 355. The molecule has 0 aliphatic carbocycles. The Hall–Kier alpha value is -1.60. The molecule has 1 nitrogen and oxygen atoms in total. The first-order valence-corrected chi connectivity index (χ1v) is 6.10. The zero-order valence-corrected chi connectivity index (χ0v) is 10.6. The van der Waals surface area contributed by atoms with Crippen LogP contribution in [-0.2, 0) is 0 Å². The molecule has 0 saturated carbocycles. The molecule has 0 aliphatic rings. The van der Waals surface area contributed by atoms with Crippen LogP contribution in [0.5, 0.6) is 0 Å². The van der Waals surface area contributed by atoms with Crippen LogP contribution in [0.1, 0.15) is 20.3 Å². The molecule has 90 valence electrons. The lowest BCUT2D eigenvalue weighted by Crippen LogP contribution is -2.11. The molecule has 2 aromatic rings. The molecular formula is C16H21N. The quantitative estimate of drug-likeness (QED) is 0.821. The van der Waals surface area contributed by atoms with Crippen LogP contribution in [0.25, 0.3) is 11.1 Å². The van der Waals surface area contributed by atoms with Gasteiger partial charge < -0.3 is 5.73 Å². The van der Waals surface area contributed by atoms with E-state index in [1.165, 1.54) is 11.1 Å². The number of hydrogen-bond acceptors (Lipinski definition) is 1. The monoisotopic (exact) mass is 227 g/mol. The summed E-state index contributed by atoms with van der Waals surface area (Å²) >= 11 is 0. The number of rotatable bonds is 2. The van der Waals surface area contributed by atoms with Crippen molar-refractivity contribution in [2.45, 2.75) is 26.3 Å². The summed E-state index contributed by atoms with van der Waals surface area (Å²) in [5.41, 5.74) is 7.84. The van der Waals surface area contributed by atoms with Gasteiger partial charge in [0.15, 0.2) is 0 Å². The molecule has 0 heterocycles. The van der Waals surface area contributed by atoms with E-state index in [1.54, 1.807) is 0 Å². The molecule has 17 heavy (non-hydrogen) atoms. The summed E-state index contributed by atoms with van der Waals surface area (Å²) in [6.07, 6.45) is 1.08. The SMILES string of the molecule is CCC(C)N.c1ccc(-c2ccccc2)cc1. The first-order valence-electron chi connectivity index (χ1n) is 6.10. The van der Waals surface area contributed by atoms with Gasteiger partial charge in [-0.1, -0.05) is 67.6 Å². The zero-order valence-electron chi connectivity index (χ0n) is 10.6. The number of benzene rings is 2. The van der Waals surface area contributed by atoms with Crippen molar-refractivity contribution < 1.29 is 0 Å². The Morgan fingerprint density at radius 3 is 1.35 bits per heavy atom. The highest BCUT2D eigenvalue weighted by Gasteiger charge is 1.91. The molecule has 1 unspecified atom stereocenters. The van der Waals surface area contributed by atoms with Gasteiger partial charge in [0.1, 0.15) is 0 Å². The van der Waals surface area contributed by atoms with Crippen LogP contribution in [0.3, 0.4) is 0 Å². The smallest absolute Gasteiger partial charge is 0.000781 e. The molecule has 0 amide bonds. The predicted molar refractivity (Wildman–Crippen MR) is 75.8 cm³/mol. The molecule has 0 fully saturated rings. The van der Waals surface area contributed by atoms with E-state index in [-0.39, 0.29) is 0 Å². The minimum atomic E-state index is 0.384. The van der Waals surface area contributed by atoms with E-state index in [4.69, 9.17) is 5.73 Å². The maximum Gasteiger partial charge on any atom is 0.000781 e. The van der Waals surface area contributed by atoms with E-state index in [0.29, 0.717) is 6.04 Å². The first-order chi connectivity index (χ1) is 8.24. The van der Waals surface area contributed by atoms with Crippen molar-refractivity contribution in [2.24, 2.45) is 5.73 Å². The second-order valence-electron chi connectivity index (χ2n) is 4.12. The topological polar surface area (TPSA) is 26.0 Å². The fraction of sp³-hybridized carbons (Fsp3) is 0.250. The third-order valence-electron chi connectivity index (χ3n) is 2.52. The lowest BCUT2D eigenvalue weighted by atomic mass is 10.1. The van der Waals surface area contributed by atoms with E-state index < -0.39 is 0 Å². The summed E-state index contributed by atoms with van der Waals surface area (Å²) in [6.45, 7) is 4.07. The third-order valence-corrected chi connectivity index (χ3v) is 2.52. The molecule has 1 atom stereocenters. The normalized spacial score (nSPS) is 11.2. The second kappa shape index (κ2) is 7.64. The fourth-order valence-corrected chi connectivity index (χ4v) is 1.26. The van der Waals surface area contributed by atoms with E-state index in [0.717, 1.165) is 6.42 Å². The van der Waals surface area contributed by atoms with Crippen molar-refractivity contribution in [3.05, 3.63) is 60.7 Å². The van der Waals surface area contributed by atoms with E-state index in [1.807, 2.05) is 19.1 Å². The molecule has 2 aromatic carbocycles. The standard InChI is InChI=1S/C12H10.C4H11N/c1-3-7-11(8-4-1)12-9-5-2-6-10-12;1-3-4(2)5/h1-10H;4H,3,5H2,1-2H3. The van der Waals surface area contributed by atoms with Gasteiger partial charge in [0.2, 0.25) is 0 Å². The van der Waals surface area contributed by atoms with Crippen molar-refractivity contribution in [1.82, 2.24) is 0 Å². The van der Waals surface area contributed by atoms with E-state index >= 15 is 0 Å². The average molecular weight is 227 g/mol. The van der Waals surface area contributed by atoms with Gasteiger partial charge in [0.25, 0.3) is 0 Å². The van der Waals surface area contributed by atoms with Crippen molar-refractivity contribution >= 4 is 0 Å². The summed E-state index contributed by atoms with van der Waals surface area (Å²) in [6, 6.07) is 21.2. The molecule has 2 rings (SSSR count). The third kappa shape index (κ3) is 5.32. The van der Waals surface area contributed by atoms with Crippen LogP contribution in [0.2, 0.25) is 0 Å². The Morgan fingerprint density at radius 1 is 0.824 bits per heavy atom. The minimum absolute atomic E-state index is 0.384. The van der Waals surface area contributed by atoms with Crippen molar-refractivity contribution in [3.8, 4) is 11.1 Å². The van der Waals surface area contributed by atoms with Gasteiger partial charge in [-0.25, -0.2) is 0 Å². The molecule has 0 spiro atoms. The van der Waals surface area contributed by atoms with Crippen LogP contribution in [0, 0.1) is 0 Å². The Morgan fingerprint density at radius 2 is 1.12 bits per heavy atom. The van der Waals surface area contributed by atoms with Gasteiger partial charge in [0.05, 0.1) is 0 Å². The Balaban J connectivity index is 0.000000249. The Labute approximate surface area is 104 Å². The number of nitrogens with two attached hydrogens (primary N) is 1. The van der Waals surface area contributed by atoms with Crippen LogP contribution >= 0.6 is 0 Å². The highest BCUT2D eigenvalue weighted by Crippen LogP contribution is 2.17. The summed E-state index contributed by atoms with van der Waals surface area (Å²) in [7, 11) is 0. The molecule has 1 heteroatoms. The lowest BCUT2D eigenvalue weighted by molar-refractivity contribution is 0.715. The van der Waals surface area contributed by atoms with Crippen molar-refractivity contribution in [2.75, 3.05) is 0 Å². The lowest BCUT2D eigenvalue weighted by Gasteiger charge is -1.98. The maximum atomic E-state index is 5.29. The molecule has 0 aromatic heterocycles. The van der Waals surface area contributed by atoms with Gasteiger partial charge >= 0.3 is 0 Å². The molecule has 0 aliphatic heterocycles. The number of hydrogen-bond donors (Lipinski definition) is 1. The predicted octanol–water partition coefficient (Wildman–Crippen LogP) is 4.10. The summed E-state index contributed by atoms with van der Waals surface area (Å²) in [5.74, 6) is 0. The summed E-state index contributed by atoms with van der Waals surface area (Å²) < 4.78 is 0. The van der Waals surface area contributed by atoms with Gasteiger partial charge in [-0.3, -0.25) is 0 Å². The van der Waals surface area contributed by atoms with Crippen molar-refractivity contribution in [3.63, 3.8) is 0 Å². The highest BCUT2D eigenvalue weighted by atomic mass is 14.6. The Kier molecular flexibility index (Phi) is 6.05. The molecule has 2 N–H and O–H groups in total. The second-order valence-corrected chi connectivity index (χ2v) is 4.12. The molecular weight excluding hydrogens is 206 g/mol. The largest absolute Gasteiger partial charge is 0.328 e. The van der Waals surface area contributed by atoms with E-state index in [9.17, 15) is 0 Å². The van der Waals surface area contributed by atoms with E-state index in [2.05, 4.69) is 55.5 Å². The molecule has 0 bridgehead atoms. The van der Waals surface area contributed by atoms with Crippen LogP contribution in [0.15, 0.2) is 60.7 Å². The fourth-order valence-electron chi connectivity index (χ4n) is 1.26. The van der Waals surface area contributed by atoms with Gasteiger partial charge in [-0.05, 0) is 24.5 Å². The van der Waals surface area contributed by atoms with Gasteiger partial charge in [-0.2, -0.15) is 0 Å². The summed E-state index contributed by atoms with van der Waals surface area (Å²) in [4.78, 5) is 0. The first kappa shape index (κ1) is 13.5. The average Bonchev–Trinajstić information content (AvgIpc) is 2.41. The van der Waals surface area contributed by atoms with Crippen LogP contribution < -0.4 is 5.73 Å². The zero-order chi connectivity index (χ0) is 12.5. The van der Waals surface area contributed by atoms with Crippen LogP contribution in [0.4, 0.5) is 0 Å². The van der Waals surface area contributed by atoms with Crippen molar-refractivity contribution in [1.29, 1.82) is 0 Å². The maximum absolute atomic E-state index is 5.29. The van der Waals surface area contributed by atoms with Gasteiger partial charge in [-0.15, -0.1) is 0 Å². The van der Waals surface area contributed by atoms with Gasteiger partial charge in [0, 0.05) is 6.04 Å². The molecule has 0 saturated heterocycles. The highest BCUT2D eigenvalue weighted by molar-refractivity contribution is 5.62. The summed E-state index contributed by atoms with van der Waals surface area (Å²) in [5, 5.41) is 0. The van der Waals surface area contributed by atoms with Crippen LogP contribution in [-0.4, -0.2) is 6.04 Å². The minimum Gasteiger partial charge on any atom is -0.328 e.